The van der Waals surface area contributed by atoms with Crippen molar-refractivity contribution >= 4 is 27.5 Å². The third kappa shape index (κ3) is 3.20. The van der Waals surface area contributed by atoms with Gasteiger partial charge in [0.25, 0.3) is 0 Å². The van der Waals surface area contributed by atoms with Crippen LogP contribution in [-0.4, -0.2) is 7.05 Å². The first-order valence-electron chi connectivity index (χ1n) is 4.98. The molecule has 0 bridgehead atoms. The molecule has 1 unspecified atom stereocenters. The van der Waals surface area contributed by atoms with Crippen LogP contribution in [0, 0.1) is 5.41 Å². The van der Waals surface area contributed by atoms with Crippen molar-refractivity contribution in [2.24, 2.45) is 5.41 Å². The topological polar surface area (TPSA) is 12.0 Å². The average Bonchev–Trinajstić information content (AvgIpc) is 2.10. The summed E-state index contributed by atoms with van der Waals surface area (Å²) in [6.45, 7) is 6.60. The zero-order valence-corrected chi connectivity index (χ0v) is 11.9. The first-order valence-corrected chi connectivity index (χ1v) is 6.15. The molecule has 0 amide bonds. The summed E-state index contributed by atoms with van der Waals surface area (Å²) in [5, 5.41) is 4.13. The lowest BCUT2D eigenvalue weighted by Crippen LogP contribution is -2.29. The molecule has 0 aromatic heterocycles. The van der Waals surface area contributed by atoms with E-state index in [2.05, 4.69) is 48.1 Å². The SMILES string of the molecule is CNC(c1cc(Br)ccc1Cl)C(C)(C)C. The maximum atomic E-state index is 6.21. The Morgan fingerprint density at radius 1 is 1.33 bits per heavy atom. The minimum atomic E-state index is 0.138. The van der Waals surface area contributed by atoms with Crippen molar-refractivity contribution < 1.29 is 0 Å². The van der Waals surface area contributed by atoms with E-state index >= 15 is 0 Å². The molecule has 1 aromatic carbocycles. The Bertz CT molecular complexity index is 344. The van der Waals surface area contributed by atoms with E-state index in [4.69, 9.17) is 11.6 Å². The minimum Gasteiger partial charge on any atom is -0.313 e. The highest BCUT2D eigenvalue weighted by Crippen LogP contribution is 2.37. The van der Waals surface area contributed by atoms with Crippen LogP contribution in [0.4, 0.5) is 0 Å². The van der Waals surface area contributed by atoms with Gasteiger partial charge in [-0.15, -0.1) is 0 Å². The smallest absolute Gasteiger partial charge is 0.0454 e. The van der Waals surface area contributed by atoms with Gasteiger partial charge in [-0.25, -0.2) is 0 Å². The Morgan fingerprint density at radius 3 is 2.40 bits per heavy atom. The predicted octanol–water partition coefficient (Wildman–Crippen LogP) is 4.41. The van der Waals surface area contributed by atoms with Gasteiger partial charge in [0, 0.05) is 15.5 Å². The van der Waals surface area contributed by atoms with Gasteiger partial charge in [-0.2, -0.15) is 0 Å². The van der Waals surface area contributed by atoms with Crippen molar-refractivity contribution in [2.45, 2.75) is 26.8 Å². The molecule has 0 aliphatic heterocycles. The summed E-state index contributed by atoms with van der Waals surface area (Å²) < 4.78 is 1.06. The third-order valence-electron chi connectivity index (χ3n) is 2.42. The van der Waals surface area contributed by atoms with Crippen LogP contribution in [0.2, 0.25) is 5.02 Å². The van der Waals surface area contributed by atoms with Crippen LogP contribution in [0.25, 0.3) is 0 Å². The quantitative estimate of drug-likeness (QED) is 0.851. The van der Waals surface area contributed by atoms with Gasteiger partial charge in [0.2, 0.25) is 0 Å². The van der Waals surface area contributed by atoms with Crippen molar-refractivity contribution in [1.29, 1.82) is 0 Å². The molecule has 0 radical (unpaired) electrons. The van der Waals surface area contributed by atoms with E-state index in [1.54, 1.807) is 0 Å². The van der Waals surface area contributed by atoms with Gasteiger partial charge in [0.15, 0.2) is 0 Å². The lowest BCUT2D eigenvalue weighted by atomic mass is 9.82. The van der Waals surface area contributed by atoms with Crippen LogP contribution in [0.15, 0.2) is 22.7 Å². The van der Waals surface area contributed by atoms with Gasteiger partial charge in [0.1, 0.15) is 0 Å². The van der Waals surface area contributed by atoms with Gasteiger partial charge in [0.05, 0.1) is 0 Å². The second-order valence-corrected chi connectivity index (χ2v) is 6.08. The predicted molar refractivity (Wildman–Crippen MR) is 70.4 cm³/mol. The number of halogens is 2. The summed E-state index contributed by atoms with van der Waals surface area (Å²) in [6, 6.07) is 6.22. The maximum absolute atomic E-state index is 6.21. The second-order valence-electron chi connectivity index (χ2n) is 4.75. The van der Waals surface area contributed by atoms with Crippen LogP contribution in [0.5, 0.6) is 0 Å². The molecule has 1 nitrogen and oxygen atoms in total. The fraction of sp³-hybridized carbons (Fsp3) is 0.500. The lowest BCUT2D eigenvalue weighted by molar-refractivity contribution is 0.287. The molecular weight excluding hydrogens is 273 g/mol. The lowest BCUT2D eigenvalue weighted by Gasteiger charge is -2.31. The fourth-order valence-electron chi connectivity index (χ4n) is 1.79. The average molecular weight is 291 g/mol. The Morgan fingerprint density at radius 2 is 1.93 bits per heavy atom. The molecule has 0 aliphatic carbocycles. The van der Waals surface area contributed by atoms with Crippen LogP contribution >= 0.6 is 27.5 Å². The summed E-state index contributed by atoms with van der Waals surface area (Å²) >= 11 is 9.69. The van der Waals surface area contributed by atoms with Gasteiger partial charge < -0.3 is 5.32 Å². The standard InChI is InChI=1S/C12H17BrClN/c1-12(2,3)11(15-4)9-7-8(13)5-6-10(9)14/h5-7,11,15H,1-4H3. The molecule has 1 N–H and O–H groups in total. The Kier molecular flexibility index (Phi) is 4.21. The van der Waals surface area contributed by atoms with Crippen molar-refractivity contribution in [3.8, 4) is 0 Å². The maximum Gasteiger partial charge on any atom is 0.0454 e. The molecule has 1 rings (SSSR count). The van der Waals surface area contributed by atoms with E-state index in [9.17, 15) is 0 Å². The first kappa shape index (κ1) is 13.0. The molecule has 0 spiro atoms. The Balaban J connectivity index is 3.18. The number of nitrogens with one attached hydrogen (secondary N) is 1. The van der Waals surface area contributed by atoms with Crippen molar-refractivity contribution in [3.05, 3.63) is 33.3 Å². The Hall–Kier alpha value is -0.0500. The van der Waals surface area contributed by atoms with Crippen LogP contribution in [-0.2, 0) is 0 Å². The first-order chi connectivity index (χ1) is 6.86. The van der Waals surface area contributed by atoms with E-state index in [1.807, 2.05) is 19.2 Å². The number of hydrogen-bond donors (Lipinski definition) is 1. The zero-order chi connectivity index (χ0) is 11.6. The van der Waals surface area contributed by atoms with Gasteiger partial charge in [-0.05, 0) is 36.2 Å². The zero-order valence-electron chi connectivity index (χ0n) is 9.57. The minimum absolute atomic E-state index is 0.138. The Labute approximate surface area is 105 Å². The van der Waals surface area contributed by atoms with Crippen LogP contribution in [0.3, 0.4) is 0 Å². The van der Waals surface area contributed by atoms with Gasteiger partial charge in [-0.1, -0.05) is 48.3 Å². The van der Waals surface area contributed by atoms with E-state index in [1.165, 1.54) is 0 Å². The highest BCUT2D eigenvalue weighted by atomic mass is 79.9. The second kappa shape index (κ2) is 4.86. The van der Waals surface area contributed by atoms with E-state index in [0.29, 0.717) is 0 Å². The normalized spacial score (nSPS) is 14.0. The molecule has 84 valence electrons. The molecule has 0 saturated carbocycles. The van der Waals surface area contributed by atoms with Crippen molar-refractivity contribution in [3.63, 3.8) is 0 Å². The summed E-state index contributed by atoms with van der Waals surface area (Å²) in [5.74, 6) is 0. The van der Waals surface area contributed by atoms with Crippen molar-refractivity contribution in [1.82, 2.24) is 5.32 Å². The molecule has 1 atom stereocenters. The third-order valence-corrected chi connectivity index (χ3v) is 3.26. The number of rotatable bonds is 2. The fourth-order valence-corrected chi connectivity index (χ4v) is 2.40. The molecular formula is C12H17BrClN. The van der Waals surface area contributed by atoms with Crippen molar-refractivity contribution in [2.75, 3.05) is 7.05 Å². The summed E-state index contributed by atoms with van der Waals surface area (Å²) in [7, 11) is 1.97. The van der Waals surface area contributed by atoms with E-state index in [-0.39, 0.29) is 11.5 Å². The van der Waals surface area contributed by atoms with E-state index in [0.717, 1.165) is 15.1 Å². The van der Waals surface area contributed by atoms with Gasteiger partial charge >= 0.3 is 0 Å². The summed E-state index contributed by atoms with van der Waals surface area (Å²) in [6.07, 6.45) is 0. The molecule has 1 aromatic rings. The van der Waals surface area contributed by atoms with Crippen LogP contribution in [0.1, 0.15) is 32.4 Å². The highest BCUT2D eigenvalue weighted by molar-refractivity contribution is 9.10. The summed E-state index contributed by atoms with van der Waals surface area (Å²) in [5.41, 5.74) is 1.28. The molecule has 0 fully saturated rings. The monoisotopic (exact) mass is 289 g/mol. The summed E-state index contributed by atoms with van der Waals surface area (Å²) in [4.78, 5) is 0. The van der Waals surface area contributed by atoms with Crippen LogP contribution < -0.4 is 5.32 Å². The molecule has 0 heterocycles. The van der Waals surface area contributed by atoms with Gasteiger partial charge in [-0.3, -0.25) is 0 Å². The molecule has 15 heavy (non-hydrogen) atoms. The molecule has 0 aliphatic rings. The van der Waals surface area contributed by atoms with E-state index < -0.39 is 0 Å². The molecule has 0 saturated heterocycles. The highest BCUT2D eigenvalue weighted by Gasteiger charge is 2.26. The molecule has 3 heteroatoms. The largest absolute Gasteiger partial charge is 0.313 e. The number of benzene rings is 1. The number of hydrogen-bond acceptors (Lipinski definition) is 1.